The van der Waals surface area contributed by atoms with E-state index in [1.807, 2.05) is 0 Å². The Morgan fingerprint density at radius 3 is 2.42 bits per heavy atom. The number of aromatic nitrogens is 2. The first-order chi connectivity index (χ1) is 8.68. The maximum atomic E-state index is 6.36. The van der Waals surface area contributed by atoms with Crippen LogP contribution in [-0.2, 0) is 12.0 Å². The second-order valence-corrected chi connectivity index (χ2v) is 7.08. The molecule has 0 spiro atoms. The molecule has 0 amide bonds. The van der Waals surface area contributed by atoms with Gasteiger partial charge in [0.25, 0.3) is 0 Å². The van der Waals surface area contributed by atoms with Gasteiger partial charge in [0.2, 0.25) is 0 Å². The van der Waals surface area contributed by atoms with E-state index in [0.29, 0.717) is 0 Å². The lowest BCUT2D eigenvalue weighted by atomic mass is 9.74. The molecule has 2 N–H and O–H groups in total. The fourth-order valence-electron chi connectivity index (χ4n) is 2.19. The van der Waals surface area contributed by atoms with E-state index in [2.05, 4.69) is 73.3 Å². The molecule has 2 aromatic rings. The maximum Gasteiger partial charge on any atom is 0.117 e. The van der Waals surface area contributed by atoms with Crippen molar-refractivity contribution in [1.82, 2.24) is 9.55 Å². The van der Waals surface area contributed by atoms with Crippen LogP contribution in [0.3, 0.4) is 0 Å². The molecular weight excluding hydrogens is 302 g/mol. The lowest BCUT2D eigenvalue weighted by Crippen LogP contribution is -2.51. The first-order valence-corrected chi connectivity index (χ1v) is 7.43. The highest BCUT2D eigenvalue weighted by Crippen LogP contribution is 2.34. The topological polar surface area (TPSA) is 43.8 Å². The van der Waals surface area contributed by atoms with Crippen LogP contribution in [0.5, 0.6) is 0 Å². The SMILES string of the molecule is CCn1c(C(C)(C)C(C)(C)N)nc2cc(Br)ccc21. The number of fused-ring (bicyclic) bond motifs is 1. The number of hydrogen-bond acceptors (Lipinski definition) is 2. The van der Waals surface area contributed by atoms with Gasteiger partial charge in [-0.3, -0.25) is 0 Å². The summed E-state index contributed by atoms with van der Waals surface area (Å²) in [5.41, 5.74) is 8.01. The molecule has 0 aliphatic rings. The molecule has 0 atom stereocenters. The molecule has 0 unspecified atom stereocenters. The van der Waals surface area contributed by atoms with Crippen LogP contribution in [0.25, 0.3) is 11.0 Å². The molecule has 4 heteroatoms. The van der Waals surface area contributed by atoms with Gasteiger partial charge in [-0.15, -0.1) is 0 Å². The van der Waals surface area contributed by atoms with Gasteiger partial charge < -0.3 is 10.3 Å². The van der Waals surface area contributed by atoms with Gasteiger partial charge in [-0.25, -0.2) is 4.98 Å². The smallest absolute Gasteiger partial charge is 0.117 e. The number of benzene rings is 1. The van der Waals surface area contributed by atoms with Crippen molar-refractivity contribution < 1.29 is 0 Å². The van der Waals surface area contributed by atoms with Crippen LogP contribution in [-0.4, -0.2) is 15.1 Å². The molecular formula is C15H22BrN3. The van der Waals surface area contributed by atoms with Crippen LogP contribution in [0.15, 0.2) is 22.7 Å². The molecule has 0 aliphatic carbocycles. The number of rotatable bonds is 3. The molecule has 0 aliphatic heterocycles. The second kappa shape index (κ2) is 4.60. The van der Waals surface area contributed by atoms with Crippen molar-refractivity contribution in [1.29, 1.82) is 0 Å². The summed E-state index contributed by atoms with van der Waals surface area (Å²) in [6.45, 7) is 11.5. The number of halogens is 1. The Morgan fingerprint density at radius 2 is 1.89 bits per heavy atom. The quantitative estimate of drug-likeness (QED) is 0.932. The number of aryl methyl sites for hydroxylation is 1. The zero-order valence-corrected chi connectivity index (χ0v) is 13.9. The Kier molecular flexibility index (Phi) is 3.52. The summed E-state index contributed by atoms with van der Waals surface area (Å²) in [5.74, 6) is 1.05. The van der Waals surface area contributed by atoms with Crippen molar-refractivity contribution in [3.05, 3.63) is 28.5 Å². The fraction of sp³-hybridized carbons (Fsp3) is 0.533. The molecule has 2 rings (SSSR count). The third-order valence-electron chi connectivity index (χ3n) is 4.20. The van der Waals surface area contributed by atoms with Gasteiger partial charge in [0.15, 0.2) is 0 Å². The van der Waals surface area contributed by atoms with Gasteiger partial charge in [-0.05, 0) is 39.0 Å². The number of nitrogens with two attached hydrogens (primary N) is 1. The third-order valence-corrected chi connectivity index (χ3v) is 4.69. The minimum atomic E-state index is -0.335. The molecule has 0 saturated carbocycles. The minimum absolute atomic E-state index is 0.200. The van der Waals surface area contributed by atoms with E-state index in [1.165, 1.54) is 0 Å². The van der Waals surface area contributed by atoms with Gasteiger partial charge in [0.1, 0.15) is 5.82 Å². The highest BCUT2D eigenvalue weighted by atomic mass is 79.9. The standard InChI is InChI=1S/C15H22BrN3/c1-6-19-12-8-7-10(16)9-11(12)18-13(19)14(2,3)15(4,5)17/h7-9H,6,17H2,1-5H3. The van der Waals surface area contributed by atoms with Gasteiger partial charge in [-0.1, -0.05) is 29.8 Å². The largest absolute Gasteiger partial charge is 0.328 e. The molecule has 0 fully saturated rings. The van der Waals surface area contributed by atoms with Gasteiger partial charge in [-0.2, -0.15) is 0 Å². The van der Waals surface area contributed by atoms with Crippen LogP contribution < -0.4 is 5.73 Å². The molecule has 1 heterocycles. The molecule has 0 bridgehead atoms. The van der Waals surface area contributed by atoms with Crippen molar-refractivity contribution >= 4 is 27.0 Å². The molecule has 3 nitrogen and oxygen atoms in total. The van der Waals surface area contributed by atoms with E-state index < -0.39 is 0 Å². The number of nitrogens with zero attached hydrogens (tertiary/aromatic N) is 2. The van der Waals surface area contributed by atoms with E-state index in [0.717, 1.165) is 27.9 Å². The molecule has 19 heavy (non-hydrogen) atoms. The summed E-state index contributed by atoms with van der Waals surface area (Å²) in [4.78, 5) is 4.84. The summed E-state index contributed by atoms with van der Waals surface area (Å²) >= 11 is 3.50. The summed E-state index contributed by atoms with van der Waals surface area (Å²) < 4.78 is 3.31. The zero-order chi connectivity index (χ0) is 14.4. The lowest BCUT2D eigenvalue weighted by Gasteiger charge is -2.38. The van der Waals surface area contributed by atoms with E-state index in [-0.39, 0.29) is 11.0 Å². The molecule has 0 radical (unpaired) electrons. The van der Waals surface area contributed by atoms with Crippen LogP contribution in [0.2, 0.25) is 0 Å². The second-order valence-electron chi connectivity index (χ2n) is 6.16. The first-order valence-electron chi connectivity index (χ1n) is 6.63. The lowest BCUT2D eigenvalue weighted by molar-refractivity contribution is 0.283. The Balaban J connectivity index is 2.74. The Bertz CT molecular complexity index is 606. The highest BCUT2D eigenvalue weighted by molar-refractivity contribution is 9.10. The van der Waals surface area contributed by atoms with Gasteiger partial charge >= 0.3 is 0 Å². The van der Waals surface area contributed by atoms with Gasteiger partial charge in [0.05, 0.1) is 11.0 Å². The predicted molar refractivity (Wildman–Crippen MR) is 84.4 cm³/mol. The highest BCUT2D eigenvalue weighted by Gasteiger charge is 2.39. The van der Waals surface area contributed by atoms with Crippen LogP contribution in [0.4, 0.5) is 0 Å². The fourth-order valence-corrected chi connectivity index (χ4v) is 2.54. The van der Waals surface area contributed by atoms with E-state index >= 15 is 0 Å². The van der Waals surface area contributed by atoms with Crippen LogP contribution in [0.1, 0.15) is 40.4 Å². The van der Waals surface area contributed by atoms with Crippen molar-refractivity contribution in [2.24, 2.45) is 5.73 Å². The Morgan fingerprint density at radius 1 is 1.26 bits per heavy atom. The summed E-state index contributed by atoms with van der Waals surface area (Å²) in [6.07, 6.45) is 0. The average molecular weight is 324 g/mol. The molecule has 1 aromatic carbocycles. The molecule has 1 aromatic heterocycles. The normalized spacial score (nSPS) is 13.2. The van der Waals surface area contributed by atoms with Crippen LogP contribution >= 0.6 is 15.9 Å². The third kappa shape index (κ3) is 2.32. The van der Waals surface area contributed by atoms with E-state index in [4.69, 9.17) is 10.7 Å². The minimum Gasteiger partial charge on any atom is -0.328 e. The molecule has 0 saturated heterocycles. The van der Waals surface area contributed by atoms with Crippen molar-refractivity contribution in [2.45, 2.75) is 52.1 Å². The van der Waals surface area contributed by atoms with Crippen molar-refractivity contribution in [2.75, 3.05) is 0 Å². The Hall–Kier alpha value is -0.870. The monoisotopic (exact) mass is 323 g/mol. The first kappa shape index (κ1) is 14.5. The molecule has 104 valence electrons. The Labute approximate surface area is 123 Å². The predicted octanol–water partition coefficient (Wildman–Crippen LogP) is 3.83. The number of hydrogen-bond donors (Lipinski definition) is 1. The van der Waals surface area contributed by atoms with E-state index in [9.17, 15) is 0 Å². The van der Waals surface area contributed by atoms with Gasteiger partial charge in [0, 0.05) is 22.0 Å². The van der Waals surface area contributed by atoms with E-state index in [1.54, 1.807) is 0 Å². The summed E-state index contributed by atoms with van der Waals surface area (Å²) in [6, 6.07) is 6.23. The summed E-state index contributed by atoms with van der Waals surface area (Å²) in [5, 5.41) is 0. The van der Waals surface area contributed by atoms with Crippen molar-refractivity contribution in [3.63, 3.8) is 0 Å². The summed E-state index contributed by atoms with van der Waals surface area (Å²) in [7, 11) is 0. The zero-order valence-electron chi connectivity index (χ0n) is 12.3. The van der Waals surface area contributed by atoms with Crippen molar-refractivity contribution in [3.8, 4) is 0 Å². The maximum absolute atomic E-state index is 6.36. The number of imidazole rings is 1. The van der Waals surface area contributed by atoms with Crippen LogP contribution in [0, 0.1) is 0 Å². The average Bonchev–Trinajstić information content (AvgIpc) is 2.65.